The van der Waals surface area contributed by atoms with E-state index in [-0.39, 0.29) is 5.82 Å². The molecule has 3 heteroatoms. The van der Waals surface area contributed by atoms with Crippen molar-refractivity contribution in [3.63, 3.8) is 0 Å². The van der Waals surface area contributed by atoms with Crippen LogP contribution in [0.5, 0.6) is 0 Å². The molecule has 0 aliphatic heterocycles. The number of halogens is 2. The molecule has 0 aromatic heterocycles. The molecule has 19 heavy (non-hydrogen) atoms. The fourth-order valence-electron chi connectivity index (χ4n) is 2.04. The summed E-state index contributed by atoms with van der Waals surface area (Å²) in [5, 5.41) is 3.95. The van der Waals surface area contributed by atoms with Crippen molar-refractivity contribution >= 4 is 11.6 Å². The predicted octanol–water partition coefficient (Wildman–Crippen LogP) is 4.56. The van der Waals surface area contributed by atoms with E-state index in [9.17, 15) is 4.39 Å². The molecule has 0 spiro atoms. The molecule has 0 amide bonds. The third kappa shape index (κ3) is 3.14. The molecule has 0 saturated carbocycles. The molecule has 1 N–H and O–H groups in total. The average Bonchev–Trinajstić information content (AvgIpc) is 2.40. The second-order valence-electron chi connectivity index (χ2n) is 4.50. The lowest BCUT2D eigenvalue weighted by molar-refractivity contribution is 0.619. The van der Waals surface area contributed by atoms with Crippen molar-refractivity contribution < 1.29 is 4.39 Å². The third-order valence-electron chi connectivity index (χ3n) is 3.20. The largest absolute Gasteiger partial charge is 0.313 e. The minimum Gasteiger partial charge on any atom is -0.313 e. The van der Waals surface area contributed by atoms with Crippen LogP contribution in [0, 0.1) is 12.7 Å². The first-order chi connectivity index (χ1) is 9.13. The SMILES string of the molecule is CCNCc1ccc(-c2cccc(F)c2C)cc1Cl. The van der Waals surface area contributed by atoms with Crippen LogP contribution in [0.4, 0.5) is 4.39 Å². The van der Waals surface area contributed by atoms with E-state index in [1.165, 1.54) is 6.07 Å². The van der Waals surface area contributed by atoms with Gasteiger partial charge in [-0.2, -0.15) is 0 Å². The summed E-state index contributed by atoms with van der Waals surface area (Å²) < 4.78 is 13.6. The summed E-state index contributed by atoms with van der Waals surface area (Å²) in [6.07, 6.45) is 0. The van der Waals surface area contributed by atoms with E-state index >= 15 is 0 Å². The first kappa shape index (κ1) is 14.0. The van der Waals surface area contributed by atoms with Crippen LogP contribution in [0.15, 0.2) is 36.4 Å². The van der Waals surface area contributed by atoms with Gasteiger partial charge < -0.3 is 5.32 Å². The lowest BCUT2D eigenvalue weighted by Crippen LogP contribution is -2.11. The van der Waals surface area contributed by atoms with Crippen molar-refractivity contribution in [1.82, 2.24) is 5.32 Å². The first-order valence-electron chi connectivity index (χ1n) is 6.38. The van der Waals surface area contributed by atoms with Crippen LogP contribution in [0.2, 0.25) is 5.02 Å². The Morgan fingerprint density at radius 1 is 1.21 bits per heavy atom. The van der Waals surface area contributed by atoms with Crippen LogP contribution in [-0.4, -0.2) is 6.54 Å². The maximum absolute atomic E-state index is 13.6. The van der Waals surface area contributed by atoms with Crippen molar-refractivity contribution in [3.8, 4) is 11.1 Å². The standard InChI is InChI=1S/C16H17ClFN/c1-3-19-10-13-8-7-12(9-15(13)17)14-5-4-6-16(18)11(14)2/h4-9,19H,3,10H2,1-2H3. The lowest BCUT2D eigenvalue weighted by atomic mass is 9.99. The van der Waals surface area contributed by atoms with Gasteiger partial charge in [0.05, 0.1) is 0 Å². The molecule has 2 aromatic carbocycles. The van der Waals surface area contributed by atoms with Gasteiger partial charge in [-0.3, -0.25) is 0 Å². The van der Waals surface area contributed by atoms with Crippen LogP contribution in [0.1, 0.15) is 18.1 Å². The molecule has 0 unspecified atom stereocenters. The van der Waals surface area contributed by atoms with Gasteiger partial charge in [0.1, 0.15) is 5.82 Å². The second-order valence-corrected chi connectivity index (χ2v) is 4.91. The van der Waals surface area contributed by atoms with E-state index in [2.05, 4.69) is 12.2 Å². The third-order valence-corrected chi connectivity index (χ3v) is 3.55. The number of rotatable bonds is 4. The second kappa shape index (κ2) is 6.18. The summed E-state index contributed by atoms with van der Waals surface area (Å²) in [5.41, 5.74) is 3.54. The molecule has 1 nitrogen and oxygen atoms in total. The summed E-state index contributed by atoms with van der Waals surface area (Å²) in [7, 11) is 0. The fraction of sp³-hybridized carbons (Fsp3) is 0.250. The molecule has 0 atom stereocenters. The van der Waals surface area contributed by atoms with E-state index in [4.69, 9.17) is 11.6 Å². The summed E-state index contributed by atoms with van der Waals surface area (Å²) in [4.78, 5) is 0. The smallest absolute Gasteiger partial charge is 0.126 e. The molecular formula is C16H17ClFN. The topological polar surface area (TPSA) is 12.0 Å². The van der Waals surface area contributed by atoms with Crippen molar-refractivity contribution in [1.29, 1.82) is 0 Å². The van der Waals surface area contributed by atoms with Crippen LogP contribution in [0.3, 0.4) is 0 Å². The van der Waals surface area contributed by atoms with Gasteiger partial charge in [-0.25, -0.2) is 4.39 Å². The zero-order valence-electron chi connectivity index (χ0n) is 11.1. The summed E-state index contributed by atoms with van der Waals surface area (Å²) in [6.45, 7) is 5.49. The molecule has 0 fully saturated rings. The van der Waals surface area contributed by atoms with E-state index in [1.54, 1.807) is 13.0 Å². The molecule has 2 aromatic rings. The summed E-state index contributed by atoms with van der Waals surface area (Å²) >= 11 is 6.27. The quantitative estimate of drug-likeness (QED) is 0.864. The van der Waals surface area contributed by atoms with Crippen molar-refractivity contribution in [2.45, 2.75) is 20.4 Å². The Bertz CT molecular complexity index is 581. The Balaban J connectivity index is 2.36. The lowest BCUT2D eigenvalue weighted by Gasteiger charge is -2.10. The Morgan fingerprint density at radius 2 is 2.00 bits per heavy atom. The monoisotopic (exact) mass is 277 g/mol. The zero-order valence-corrected chi connectivity index (χ0v) is 11.9. The molecule has 0 heterocycles. The van der Waals surface area contributed by atoms with Crippen LogP contribution >= 0.6 is 11.6 Å². The van der Waals surface area contributed by atoms with Gasteiger partial charge in [-0.1, -0.05) is 42.8 Å². The van der Waals surface area contributed by atoms with Crippen LogP contribution in [0.25, 0.3) is 11.1 Å². The van der Waals surface area contributed by atoms with Gasteiger partial charge in [-0.15, -0.1) is 0 Å². The van der Waals surface area contributed by atoms with Gasteiger partial charge in [0, 0.05) is 11.6 Å². The Morgan fingerprint density at radius 3 is 2.68 bits per heavy atom. The molecule has 0 radical (unpaired) electrons. The normalized spacial score (nSPS) is 10.7. The summed E-state index contributed by atoms with van der Waals surface area (Å²) in [6, 6.07) is 11.0. The highest BCUT2D eigenvalue weighted by atomic mass is 35.5. The van der Waals surface area contributed by atoms with E-state index < -0.39 is 0 Å². The highest BCUT2D eigenvalue weighted by Crippen LogP contribution is 2.29. The maximum atomic E-state index is 13.6. The van der Waals surface area contributed by atoms with Gasteiger partial charge in [-0.05, 0) is 47.9 Å². The zero-order chi connectivity index (χ0) is 13.8. The maximum Gasteiger partial charge on any atom is 0.126 e. The van der Waals surface area contributed by atoms with E-state index in [0.29, 0.717) is 10.6 Å². The Kier molecular flexibility index (Phi) is 4.56. The summed E-state index contributed by atoms with van der Waals surface area (Å²) in [5.74, 6) is -0.189. The average molecular weight is 278 g/mol. The highest BCUT2D eigenvalue weighted by molar-refractivity contribution is 6.31. The van der Waals surface area contributed by atoms with E-state index in [1.807, 2.05) is 24.3 Å². The van der Waals surface area contributed by atoms with Crippen molar-refractivity contribution in [3.05, 3.63) is 58.4 Å². The first-order valence-corrected chi connectivity index (χ1v) is 6.76. The van der Waals surface area contributed by atoms with Crippen LogP contribution < -0.4 is 5.32 Å². The van der Waals surface area contributed by atoms with Gasteiger partial charge in [0.25, 0.3) is 0 Å². The number of hydrogen-bond donors (Lipinski definition) is 1. The molecular weight excluding hydrogens is 261 g/mol. The van der Waals surface area contributed by atoms with Gasteiger partial charge in [0.2, 0.25) is 0 Å². The fourth-order valence-corrected chi connectivity index (χ4v) is 2.29. The Labute approximate surface area is 118 Å². The molecule has 0 saturated heterocycles. The molecule has 0 bridgehead atoms. The predicted molar refractivity (Wildman–Crippen MR) is 79.0 cm³/mol. The molecule has 100 valence electrons. The number of hydrogen-bond acceptors (Lipinski definition) is 1. The molecule has 0 aliphatic rings. The molecule has 2 rings (SSSR count). The minimum absolute atomic E-state index is 0.189. The number of benzene rings is 2. The van der Waals surface area contributed by atoms with E-state index in [0.717, 1.165) is 29.8 Å². The Hall–Kier alpha value is -1.38. The molecule has 0 aliphatic carbocycles. The minimum atomic E-state index is -0.189. The van der Waals surface area contributed by atoms with Gasteiger partial charge >= 0.3 is 0 Å². The van der Waals surface area contributed by atoms with Gasteiger partial charge in [0.15, 0.2) is 0 Å². The number of nitrogens with one attached hydrogen (secondary N) is 1. The van der Waals surface area contributed by atoms with Crippen molar-refractivity contribution in [2.75, 3.05) is 6.54 Å². The van der Waals surface area contributed by atoms with Crippen LogP contribution in [-0.2, 0) is 6.54 Å². The van der Waals surface area contributed by atoms with Crippen molar-refractivity contribution in [2.24, 2.45) is 0 Å². The highest BCUT2D eigenvalue weighted by Gasteiger charge is 2.08.